The van der Waals surface area contributed by atoms with E-state index in [-0.39, 0.29) is 0 Å². The van der Waals surface area contributed by atoms with Crippen LogP contribution >= 0.6 is 0 Å². The minimum Gasteiger partial charge on any atom is -0.309 e. The minimum absolute atomic E-state index is 0.448. The van der Waals surface area contributed by atoms with Gasteiger partial charge in [0.15, 0.2) is 11.6 Å². The number of hydrogen-bond acceptors (Lipinski definition) is 6. The van der Waals surface area contributed by atoms with Crippen LogP contribution in [0.2, 0.25) is 0 Å². The zero-order valence-electron chi connectivity index (χ0n) is 34.8. The molecule has 0 unspecified atom stereocenters. The van der Waals surface area contributed by atoms with Gasteiger partial charge >= 0.3 is 0 Å². The molecule has 3 heterocycles. The first-order valence-electron chi connectivity index (χ1n) is 21.2. The van der Waals surface area contributed by atoms with E-state index in [1.807, 2.05) is 103 Å². The average Bonchev–Trinajstić information content (AvgIpc) is 3.72. The Morgan fingerprint density at radius 3 is 1.45 bits per heavy atom. The Morgan fingerprint density at radius 1 is 0.338 bits per heavy atom. The van der Waals surface area contributed by atoms with E-state index in [0.717, 1.165) is 94.8 Å². The number of para-hydroxylation sites is 1. The molecule has 302 valence electrons. The van der Waals surface area contributed by atoms with E-state index in [1.165, 1.54) is 0 Å². The lowest BCUT2D eigenvalue weighted by atomic mass is 9.97. The summed E-state index contributed by atoms with van der Waals surface area (Å²) in [5.41, 5.74) is 14.2. The minimum atomic E-state index is 0.448. The van der Waals surface area contributed by atoms with Gasteiger partial charge < -0.3 is 4.57 Å². The number of benzene rings is 8. The Balaban J connectivity index is 1.19. The molecular weight excluding hydrogens is 795 g/mol. The van der Waals surface area contributed by atoms with Crippen LogP contribution in [0.15, 0.2) is 212 Å². The van der Waals surface area contributed by atoms with Crippen LogP contribution in [0.1, 0.15) is 11.1 Å². The second-order valence-corrected chi connectivity index (χ2v) is 15.7. The van der Waals surface area contributed by atoms with Gasteiger partial charge in [0.25, 0.3) is 0 Å². The maximum absolute atomic E-state index is 10.1. The van der Waals surface area contributed by atoms with E-state index >= 15 is 0 Å². The van der Waals surface area contributed by atoms with Gasteiger partial charge in [0.2, 0.25) is 0 Å². The topological polar surface area (TPSA) is 104 Å². The molecule has 0 bridgehead atoms. The lowest BCUT2D eigenvalue weighted by Gasteiger charge is -2.17. The van der Waals surface area contributed by atoms with Crippen molar-refractivity contribution in [3.8, 4) is 96.8 Å². The smallest absolute Gasteiger partial charge is 0.160 e. The van der Waals surface area contributed by atoms with Gasteiger partial charge in [-0.2, -0.15) is 10.5 Å². The predicted molar refractivity (Wildman–Crippen MR) is 259 cm³/mol. The maximum Gasteiger partial charge on any atom is 0.160 e. The van der Waals surface area contributed by atoms with Gasteiger partial charge in [-0.1, -0.05) is 158 Å². The zero-order valence-corrected chi connectivity index (χ0v) is 34.8. The highest BCUT2D eigenvalue weighted by Crippen LogP contribution is 2.41. The summed E-state index contributed by atoms with van der Waals surface area (Å²) in [4.78, 5) is 20.8. The van der Waals surface area contributed by atoms with Crippen molar-refractivity contribution in [2.45, 2.75) is 0 Å². The van der Waals surface area contributed by atoms with Crippen molar-refractivity contribution in [1.82, 2.24) is 24.5 Å². The van der Waals surface area contributed by atoms with Crippen molar-refractivity contribution < 1.29 is 0 Å². The third kappa shape index (κ3) is 7.26. The van der Waals surface area contributed by atoms with Crippen LogP contribution in [-0.2, 0) is 0 Å². The Hall–Kier alpha value is -9.30. The fourth-order valence-electron chi connectivity index (χ4n) is 8.58. The SMILES string of the molecule is N#Cc1ccc(-c2ccc3c(c2)c2ccccc2n3-c2ccc(-c3cc(-c4ccccc4)nc(-c4ccccc4)n3)cc2-c2cc(-c3ccccc3)nc(-c3ccccc3)n2)c(C#N)c1. The van der Waals surface area contributed by atoms with Gasteiger partial charge in [0.05, 0.1) is 62.8 Å². The predicted octanol–water partition coefficient (Wildman–Crippen LogP) is 13.8. The molecule has 65 heavy (non-hydrogen) atoms. The van der Waals surface area contributed by atoms with Crippen LogP contribution in [-0.4, -0.2) is 24.5 Å². The first kappa shape index (κ1) is 38.6. The fraction of sp³-hybridized carbons (Fsp3) is 0. The summed E-state index contributed by atoms with van der Waals surface area (Å²) in [7, 11) is 0. The molecule has 0 amide bonds. The number of nitrogens with zero attached hydrogens (tertiary/aromatic N) is 7. The summed E-state index contributed by atoms with van der Waals surface area (Å²) in [6.45, 7) is 0. The van der Waals surface area contributed by atoms with Crippen LogP contribution in [0.25, 0.3) is 106 Å². The largest absolute Gasteiger partial charge is 0.309 e. The quantitative estimate of drug-likeness (QED) is 0.151. The molecule has 0 aliphatic rings. The average molecular weight is 830 g/mol. The normalized spacial score (nSPS) is 11.0. The van der Waals surface area contributed by atoms with Gasteiger partial charge in [-0.05, 0) is 65.7 Å². The molecule has 0 aliphatic carbocycles. The van der Waals surface area contributed by atoms with E-state index in [2.05, 4.69) is 114 Å². The number of nitriles is 2. The van der Waals surface area contributed by atoms with E-state index in [1.54, 1.807) is 12.1 Å². The highest BCUT2D eigenvalue weighted by Gasteiger charge is 2.21. The molecule has 7 nitrogen and oxygen atoms in total. The summed E-state index contributed by atoms with van der Waals surface area (Å²) < 4.78 is 2.30. The third-order valence-corrected chi connectivity index (χ3v) is 11.7. The van der Waals surface area contributed by atoms with Gasteiger partial charge in [0, 0.05) is 44.2 Å². The van der Waals surface area contributed by atoms with Gasteiger partial charge in [0.1, 0.15) is 0 Å². The van der Waals surface area contributed by atoms with Gasteiger partial charge in [-0.3, -0.25) is 0 Å². The van der Waals surface area contributed by atoms with Crippen LogP contribution in [0.5, 0.6) is 0 Å². The first-order chi connectivity index (χ1) is 32.1. The lowest BCUT2D eigenvalue weighted by molar-refractivity contribution is 1.15. The maximum atomic E-state index is 10.1. The molecule has 7 heteroatoms. The standard InChI is InChI=1S/C58H35N7/c59-36-38-25-28-46(45(31-38)37-60)43-26-29-55-48(32-43)47-23-13-14-24-54(47)65(55)56-30-27-44(52-34-50(39-15-5-1-6-16-39)61-57(63-52)41-19-9-3-10-20-41)33-49(56)53-35-51(40-17-7-2-8-18-40)62-58(64-53)42-21-11-4-12-22-42/h1-35H. The molecule has 11 rings (SSSR count). The first-order valence-corrected chi connectivity index (χ1v) is 21.2. The molecule has 0 saturated heterocycles. The summed E-state index contributed by atoms with van der Waals surface area (Å²) >= 11 is 0. The summed E-state index contributed by atoms with van der Waals surface area (Å²) in [6, 6.07) is 75.7. The molecule has 0 aliphatic heterocycles. The molecule has 0 radical (unpaired) electrons. The van der Waals surface area contributed by atoms with Crippen molar-refractivity contribution >= 4 is 21.8 Å². The van der Waals surface area contributed by atoms with Crippen LogP contribution in [0.3, 0.4) is 0 Å². The van der Waals surface area contributed by atoms with E-state index in [9.17, 15) is 10.5 Å². The van der Waals surface area contributed by atoms with Gasteiger partial charge in [-0.15, -0.1) is 0 Å². The molecule has 8 aromatic carbocycles. The molecule has 11 aromatic rings. The van der Waals surface area contributed by atoms with E-state index in [4.69, 9.17) is 19.9 Å². The Labute approximate surface area is 375 Å². The fourth-order valence-corrected chi connectivity index (χ4v) is 8.58. The van der Waals surface area contributed by atoms with Crippen LogP contribution < -0.4 is 0 Å². The van der Waals surface area contributed by atoms with E-state index in [0.29, 0.717) is 22.8 Å². The summed E-state index contributed by atoms with van der Waals surface area (Å²) in [5, 5.41) is 21.8. The second-order valence-electron chi connectivity index (χ2n) is 15.7. The zero-order chi connectivity index (χ0) is 43.7. The van der Waals surface area contributed by atoms with Crippen molar-refractivity contribution in [2.75, 3.05) is 0 Å². The van der Waals surface area contributed by atoms with Crippen LogP contribution in [0, 0.1) is 22.7 Å². The van der Waals surface area contributed by atoms with Crippen molar-refractivity contribution in [3.63, 3.8) is 0 Å². The van der Waals surface area contributed by atoms with Crippen molar-refractivity contribution in [2.24, 2.45) is 0 Å². The molecule has 0 N–H and O–H groups in total. The molecule has 0 fully saturated rings. The summed E-state index contributed by atoms with van der Waals surface area (Å²) in [6.07, 6.45) is 0. The highest BCUT2D eigenvalue weighted by molar-refractivity contribution is 6.11. The molecule has 0 saturated carbocycles. The summed E-state index contributed by atoms with van der Waals surface area (Å²) in [5.74, 6) is 1.24. The monoisotopic (exact) mass is 829 g/mol. The number of fused-ring (bicyclic) bond motifs is 3. The van der Waals surface area contributed by atoms with Gasteiger partial charge in [-0.25, -0.2) is 19.9 Å². The van der Waals surface area contributed by atoms with Crippen LogP contribution in [0.4, 0.5) is 0 Å². The molecule has 0 atom stereocenters. The highest BCUT2D eigenvalue weighted by atomic mass is 15.0. The lowest BCUT2D eigenvalue weighted by Crippen LogP contribution is -2.02. The third-order valence-electron chi connectivity index (χ3n) is 11.7. The number of rotatable bonds is 8. The Morgan fingerprint density at radius 2 is 0.846 bits per heavy atom. The number of hydrogen-bond donors (Lipinski definition) is 0. The van der Waals surface area contributed by atoms with Crippen molar-refractivity contribution in [3.05, 3.63) is 223 Å². The van der Waals surface area contributed by atoms with E-state index < -0.39 is 0 Å². The Bertz CT molecular complexity index is 3550. The Kier molecular flexibility index (Phi) is 9.82. The molecule has 3 aromatic heterocycles. The molecular formula is C58H35N7. The second kappa shape index (κ2) is 16.5. The number of aromatic nitrogens is 5. The molecule has 0 spiro atoms. The van der Waals surface area contributed by atoms with Crippen molar-refractivity contribution in [1.29, 1.82) is 10.5 Å².